The Morgan fingerprint density at radius 3 is 2.76 bits per heavy atom. The van der Waals surface area contributed by atoms with Gasteiger partial charge in [0.25, 0.3) is 5.91 Å². The van der Waals surface area contributed by atoms with E-state index in [2.05, 4.69) is 20.3 Å². The number of pyridine rings is 1. The molecule has 1 N–H and O–H groups in total. The summed E-state index contributed by atoms with van der Waals surface area (Å²) in [7, 11) is 0. The molecule has 104 valence electrons. The summed E-state index contributed by atoms with van der Waals surface area (Å²) in [6.45, 7) is 1.81. The first-order valence-corrected chi connectivity index (χ1v) is 6.66. The van der Waals surface area contributed by atoms with Gasteiger partial charge in [-0.3, -0.25) is 14.8 Å². The Labute approximate surface area is 126 Å². The summed E-state index contributed by atoms with van der Waals surface area (Å²) < 4.78 is 0. The molecule has 2 aromatic heterocycles. The molecule has 0 spiro atoms. The summed E-state index contributed by atoms with van der Waals surface area (Å²) >= 11 is 6.12. The second-order valence-corrected chi connectivity index (χ2v) is 4.90. The van der Waals surface area contributed by atoms with Crippen molar-refractivity contribution in [3.63, 3.8) is 0 Å². The molecule has 3 aromatic rings. The van der Waals surface area contributed by atoms with Crippen LogP contribution in [0.2, 0.25) is 5.02 Å². The van der Waals surface area contributed by atoms with Crippen LogP contribution in [0.15, 0.2) is 42.9 Å². The fourth-order valence-electron chi connectivity index (χ4n) is 1.93. The summed E-state index contributed by atoms with van der Waals surface area (Å²) in [5.74, 6) is -0.336. The monoisotopic (exact) mass is 298 g/mol. The maximum absolute atomic E-state index is 12.2. The van der Waals surface area contributed by atoms with Crippen LogP contribution in [0.3, 0.4) is 0 Å². The molecule has 0 unspecified atom stereocenters. The van der Waals surface area contributed by atoms with E-state index in [0.717, 1.165) is 11.1 Å². The molecule has 0 saturated heterocycles. The second kappa shape index (κ2) is 5.46. The number of aryl methyl sites for hydroxylation is 1. The van der Waals surface area contributed by atoms with Gasteiger partial charge in [-0.1, -0.05) is 11.6 Å². The van der Waals surface area contributed by atoms with Crippen LogP contribution < -0.4 is 5.32 Å². The number of halogens is 1. The van der Waals surface area contributed by atoms with Crippen LogP contribution in [0.25, 0.3) is 10.9 Å². The molecule has 0 bridgehead atoms. The smallest absolute Gasteiger partial charge is 0.275 e. The zero-order chi connectivity index (χ0) is 14.8. The highest BCUT2D eigenvalue weighted by Gasteiger charge is 2.11. The first kappa shape index (κ1) is 13.5. The molecule has 0 aliphatic rings. The lowest BCUT2D eigenvalue weighted by Gasteiger charge is -2.08. The van der Waals surface area contributed by atoms with Gasteiger partial charge in [0.1, 0.15) is 5.69 Å². The Bertz CT molecular complexity index is 818. The van der Waals surface area contributed by atoms with Gasteiger partial charge < -0.3 is 5.32 Å². The minimum atomic E-state index is -0.336. The van der Waals surface area contributed by atoms with E-state index < -0.39 is 0 Å². The van der Waals surface area contributed by atoms with Crippen LogP contribution in [0.5, 0.6) is 0 Å². The van der Waals surface area contributed by atoms with Crippen molar-refractivity contribution in [1.29, 1.82) is 0 Å². The number of rotatable bonds is 2. The third kappa shape index (κ3) is 2.68. The zero-order valence-corrected chi connectivity index (χ0v) is 11.9. The molecule has 0 aliphatic carbocycles. The maximum atomic E-state index is 12.2. The molecular formula is C15H11ClN4O. The van der Waals surface area contributed by atoms with Crippen molar-refractivity contribution in [2.45, 2.75) is 6.92 Å². The summed E-state index contributed by atoms with van der Waals surface area (Å²) in [4.78, 5) is 24.6. The quantitative estimate of drug-likeness (QED) is 0.788. The van der Waals surface area contributed by atoms with Crippen molar-refractivity contribution in [1.82, 2.24) is 15.0 Å². The molecule has 21 heavy (non-hydrogen) atoms. The molecule has 1 amide bonds. The Balaban J connectivity index is 1.97. The molecule has 1 aromatic carbocycles. The van der Waals surface area contributed by atoms with Gasteiger partial charge in [0, 0.05) is 17.8 Å². The van der Waals surface area contributed by atoms with Gasteiger partial charge in [0.05, 0.1) is 28.1 Å². The van der Waals surface area contributed by atoms with Crippen LogP contribution in [-0.2, 0) is 0 Å². The minimum absolute atomic E-state index is 0.250. The number of benzene rings is 1. The number of anilines is 1. The van der Waals surface area contributed by atoms with Crippen molar-refractivity contribution in [3.05, 3.63) is 59.3 Å². The van der Waals surface area contributed by atoms with Crippen LogP contribution in [-0.4, -0.2) is 20.9 Å². The molecule has 5 nitrogen and oxygen atoms in total. The highest BCUT2D eigenvalue weighted by molar-refractivity contribution is 6.36. The lowest BCUT2D eigenvalue weighted by atomic mass is 10.2. The van der Waals surface area contributed by atoms with Gasteiger partial charge in [-0.05, 0) is 31.2 Å². The number of carbonyl (C=O) groups excluding carboxylic acids is 1. The number of amides is 1. The summed E-state index contributed by atoms with van der Waals surface area (Å²) in [6.07, 6.45) is 4.64. The van der Waals surface area contributed by atoms with Crippen LogP contribution >= 0.6 is 11.6 Å². The number of hydrogen-bond donors (Lipinski definition) is 1. The first-order chi connectivity index (χ1) is 10.1. The number of hydrogen-bond acceptors (Lipinski definition) is 4. The number of nitrogens with zero attached hydrogens (tertiary/aromatic N) is 3. The van der Waals surface area contributed by atoms with Gasteiger partial charge in [0.2, 0.25) is 0 Å². The average molecular weight is 299 g/mol. The van der Waals surface area contributed by atoms with Gasteiger partial charge >= 0.3 is 0 Å². The highest BCUT2D eigenvalue weighted by atomic mass is 35.5. The zero-order valence-electron chi connectivity index (χ0n) is 11.2. The number of fused-ring (bicyclic) bond motifs is 1. The maximum Gasteiger partial charge on any atom is 0.275 e. The topological polar surface area (TPSA) is 67.8 Å². The van der Waals surface area contributed by atoms with Crippen LogP contribution in [0.1, 0.15) is 16.2 Å². The SMILES string of the molecule is Cc1cnc(C(=O)Nc2ccc(Cl)c3cccnc23)cn1. The standard InChI is InChI=1S/C15H11ClN4O/c1-9-7-19-13(8-18-9)15(21)20-12-5-4-11(16)10-3-2-6-17-14(10)12/h2-8H,1H3,(H,20,21). The number of carbonyl (C=O) groups is 1. The van der Waals surface area contributed by atoms with E-state index in [-0.39, 0.29) is 11.6 Å². The Hall–Kier alpha value is -2.53. The molecular weight excluding hydrogens is 288 g/mol. The van der Waals surface area contributed by atoms with E-state index in [1.807, 2.05) is 13.0 Å². The fourth-order valence-corrected chi connectivity index (χ4v) is 2.15. The van der Waals surface area contributed by atoms with E-state index in [4.69, 9.17) is 11.6 Å². The number of aromatic nitrogens is 3. The Morgan fingerprint density at radius 1 is 1.14 bits per heavy atom. The lowest BCUT2D eigenvalue weighted by Crippen LogP contribution is -2.14. The largest absolute Gasteiger partial charge is 0.319 e. The second-order valence-electron chi connectivity index (χ2n) is 4.49. The van der Waals surface area contributed by atoms with Gasteiger partial charge in [-0.25, -0.2) is 4.98 Å². The number of nitrogens with one attached hydrogen (secondary N) is 1. The van der Waals surface area contributed by atoms with E-state index in [1.165, 1.54) is 6.20 Å². The Morgan fingerprint density at radius 2 is 2.00 bits per heavy atom. The van der Waals surface area contributed by atoms with Crippen LogP contribution in [0, 0.1) is 6.92 Å². The van der Waals surface area contributed by atoms with Crippen molar-refractivity contribution >= 4 is 34.1 Å². The third-order valence-electron chi connectivity index (χ3n) is 2.98. The molecule has 2 heterocycles. The predicted molar refractivity (Wildman–Crippen MR) is 81.5 cm³/mol. The summed E-state index contributed by atoms with van der Waals surface area (Å²) in [5.41, 5.74) is 2.23. The van der Waals surface area contributed by atoms with Gasteiger partial charge in [-0.15, -0.1) is 0 Å². The Kier molecular flexibility index (Phi) is 3.50. The minimum Gasteiger partial charge on any atom is -0.319 e. The fraction of sp³-hybridized carbons (Fsp3) is 0.0667. The summed E-state index contributed by atoms with van der Waals surface area (Å²) in [5, 5.41) is 4.16. The van der Waals surface area contributed by atoms with E-state index in [9.17, 15) is 4.79 Å². The van der Waals surface area contributed by atoms with Crippen molar-refractivity contribution in [3.8, 4) is 0 Å². The van der Waals surface area contributed by atoms with Crippen molar-refractivity contribution < 1.29 is 4.79 Å². The van der Waals surface area contributed by atoms with Crippen LogP contribution in [0.4, 0.5) is 5.69 Å². The van der Waals surface area contributed by atoms with E-state index in [1.54, 1.807) is 30.6 Å². The van der Waals surface area contributed by atoms with Crippen molar-refractivity contribution in [2.24, 2.45) is 0 Å². The third-order valence-corrected chi connectivity index (χ3v) is 3.31. The molecule has 6 heteroatoms. The molecule has 0 radical (unpaired) electrons. The normalized spacial score (nSPS) is 10.6. The first-order valence-electron chi connectivity index (χ1n) is 6.28. The molecule has 0 fully saturated rings. The van der Waals surface area contributed by atoms with Gasteiger partial charge in [-0.2, -0.15) is 0 Å². The van der Waals surface area contributed by atoms with E-state index >= 15 is 0 Å². The molecule has 0 aliphatic heterocycles. The predicted octanol–water partition coefficient (Wildman–Crippen LogP) is 3.24. The highest BCUT2D eigenvalue weighted by Crippen LogP contribution is 2.28. The van der Waals surface area contributed by atoms with Gasteiger partial charge in [0.15, 0.2) is 0 Å². The molecule has 0 saturated carbocycles. The van der Waals surface area contributed by atoms with Crippen molar-refractivity contribution in [2.75, 3.05) is 5.32 Å². The molecule has 0 atom stereocenters. The van der Waals surface area contributed by atoms with E-state index in [0.29, 0.717) is 16.2 Å². The average Bonchev–Trinajstić information content (AvgIpc) is 2.51. The lowest BCUT2D eigenvalue weighted by molar-refractivity contribution is 0.102. The molecule has 3 rings (SSSR count). The summed E-state index contributed by atoms with van der Waals surface area (Å²) in [6, 6.07) is 7.09.